The Balaban J connectivity index is 1.46. The van der Waals surface area contributed by atoms with Gasteiger partial charge in [-0.1, -0.05) is 30.3 Å². The van der Waals surface area contributed by atoms with Crippen molar-refractivity contribution in [2.45, 2.75) is 19.5 Å². The molecule has 3 heterocycles. The van der Waals surface area contributed by atoms with Gasteiger partial charge in [0.25, 0.3) is 0 Å². The fourth-order valence-electron chi connectivity index (χ4n) is 3.29. The van der Waals surface area contributed by atoms with Crippen molar-refractivity contribution in [3.8, 4) is 0 Å². The molecular weight excluding hydrogens is 300 g/mol. The summed E-state index contributed by atoms with van der Waals surface area (Å²) in [7, 11) is 0. The molecule has 0 unspecified atom stereocenters. The Morgan fingerprint density at radius 2 is 2.17 bits per heavy atom. The summed E-state index contributed by atoms with van der Waals surface area (Å²) >= 11 is 0. The van der Waals surface area contributed by atoms with Gasteiger partial charge in [-0.05, 0) is 24.6 Å². The molecule has 0 radical (unpaired) electrons. The molecule has 5 nitrogen and oxygen atoms in total. The summed E-state index contributed by atoms with van der Waals surface area (Å²) in [6.07, 6.45) is 1.73. The number of furan rings is 1. The van der Waals surface area contributed by atoms with E-state index in [9.17, 15) is 0 Å². The zero-order chi connectivity index (χ0) is 16.4. The summed E-state index contributed by atoms with van der Waals surface area (Å²) < 4.78 is 7.72. The number of rotatable bonds is 5. The number of anilines is 1. The molecule has 2 N–H and O–H groups in total. The second kappa shape index (κ2) is 6.53. The van der Waals surface area contributed by atoms with Crippen LogP contribution in [0.5, 0.6) is 0 Å². The van der Waals surface area contributed by atoms with Gasteiger partial charge in [0.15, 0.2) is 0 Å². The van der Waals surface area contributed by atoms with Crippen LogP contribution in [0.25, 0.3) is 0 Å². The number of hydrogen-bond acceptors (Lipinski definition) is 4. The molecule has 0 saturated carbocycles. The number of aryl methyl sites for hydroxylation is 1. The molecule has 24 heavy (non-hydrogen) atoms. The van der Waals surface area contributed by atoms with Crippen LogP contribution in [-0.4, -0.2) is 22.9 Å². The Hall–Kier alpha value is -2.53. The van der Waals surface area contributed by atoms with Gasteiger partial charge in [-0.15, -0.1) is 0 Å². The molecule has 0 spiro atoms. The average molecular weight is 322 g/mol. The predicted molar refractivity (Wildman–Crippen MR) is 93.9 cm³/mol. The minimum absolute atomic E-state index is 0.0713. The maximum atomic E-state index is 5.65. The monoisotopic (exact) mass is 322 g/mol. The first-order chi connectivity index (χ1) is 11.8. The lowest BCUT2D eigenvalue weighted by atomic mass is 10.0. The van der Waals surface area contributed by atoms with Crippen LogP contribution >= 0.6 is 0 Å². The summed E-state index contributed by atoms with van der Waals surface area (Å²) in [6.45, 7) is 4.81. The first-order valence-corrected chi connectivity index (χ1v) is 8.39. The quantitative estimate of drug-likeness (QED) is 0.757. The van der Waals surface area contributed by atoms with E-state index in [0.29, 0.717) is 5.92 Å². The third-order valence-electron chi connectivity index (χ3n) is 4.48. The van der Waals surface area contributed by atoms with E-state index in [1.165, 1.54) is 5.56 Å². The van der Waals surface area contributed by atoms with Crippen molar-refractivity contribution in [1.29, 1.82) is 0 Å². The van der Waals surface area contributed by atoms with Gasteiger partial charge in [0.1, 0.15) is 11.6 Å². The molecule has 2 atom stereocenters. The Morgan fingerprint density at radius 3 is 2.96 bits per heavy atom. The maximum Gasteiger partial charge on any atom is 0.125 e. The molecule has 4 rings (SSSR count). The Labute approximate surface area is 141 Å². The molecule has 124 valence electrons. The highest BCUT2D eigenvalue weighted by Crippen LogP contribution is 2.24. The van der Waals surface area contributed by atoms with Crippen LogP contribution in [0.1, 0.15) is 23.1 Å². The molecule has 2 aromatic heterocycles. The first-order valence-electron chi connectivity index (χ1n) is 8.39. The smallest absolute Gasteiger partial charge is 0.125 e. The van der Waals surface area contributed by atoms with E-state index in [0.717, 1.165) is 36.9 Å². The van der Waals surface area contributed by atoms with E-state index < -0.39 is 0 Å². The van der Waals surface area contributed by atoms with Gasteiger partial charge in [0.05, 0.1) is 18.0 Å². The molecule has 5 heteroatoms. The van der Waals surface area contributed by atoms with E-state index in [2.05, 4.69) is 50.7 Å². The van der Waals surface area contributed by atoms with Crippen LogP contribution < -0.4 is 10.6 Å². The highest BCUT2D eigenvalue weighted by atomic mass is 16.3. The van der Waals surface area contributed by atoms with Gasteiger partial charge in [0, 0.05) is 31.6 Å². The normalized spacial score (nSPS) is 18.0. The minimum Gasteiger partial charge on any atom is -0.467 e. The van der Waals surface area contributed by atoms with Crippen molar-refractivity contribution in [2.75, 3.05) is 18.4 Å². The van der Waals surface area contributed by atoms with E-state index >= 15 is 0 Å². The summed E-state index contributed by atoms with van der Waals surface area (Å²) in [5.74, 6) is 2.55. The molecular formula is C19H22N4O. The summed E-state index contributed by atoms with van der Waals surface area (Å²) in [6, 6.07) is 16.6. The van der Waals surface area contributed by atoms with E-state index in [1.807, 2.05) is 25.1 Å². The van der Waals surface area contributed by atoms with Gasteiger partial charge in [-0.2, -0.15) is 5.10 Å². The number of nitrogens with zero attached hydrogens (tertiary/aromatic N) is 2. The highest BCUT2D eigenvalue weighted by Gasteiger charge is 2.22. The van der Waals surface area contributed by atoms with Crippen LogP contribution in [0, 0.1) is 12.8 Å². The van der Waals surface area contributed by atoms with Crippen LogP contribution in [0.15, 0.2) is 59.2 Å². The molecule has 1 aliphatic rings. The topological polar surface area (TPSA) is 55.0 Å². The van der Waals surface area contributed by atoms with E-state index in [4.69, 9.17) is 4.42 Å². The molecule has 0 fully saturated rings. The molecule has 0 aliphatic carbocycles. The maximum absolute atomic E-state index is 5.65. The Kier molecular flexibility index (Phi) is 4.09. The van der Waals surface area contributed by atoms with Crippen molar-refractivity contribution in [3.63, 3.8) is 0 Å². The molecule has 0 saturated heterocycles. The van der Waals surface area contributed by atoms with Gasteiger partial charge >= 0.3 is 0 Å². The second-order valence-corrected chi connectivity index (χ2v) is 6.37. The minimum atomic E-state index is 0.0713. The van der Waals surface area contributed by atoms with Crippen LogP contribution in [0.4, 0.5) is 5.82 Å². The summed E-state index contributed by atoms with van der Waals surface area (Å²) in [4.78, 5) is 0. The van der Waals surface area contributed by atoms with E-state index in [-0.39, 0.29) is 6.04 Å². The van der Waals surface area contributed by atoms with Gasteiger partial charge in [0.2, 0.25) is 0 Å². The average Bonchev–Trinajstić information content (AvgIpc) is 3.24. The summed E-state index contributed by atoms with van der Waals surface area (Å²) in [5, 5.41) is 11.7. The predicted octanol–water partition coefficient (Wildman–Crippen LogP) is 3.21. The lowest BCUT2D eigenvalue weighted by molar-refractivity contribution is 0.363. The standard InChI is InChI=1S/C19H22N4O/c1-14-10-18-20-11-15(13-23(18)22-14)12-21-19(17-8-5-9-24-17)16-6-3-2-4-7-16/h2-10,15,19-21H,11-13H2,1H3/t15-,19-/m1/s1. The third-order valence-corrected chi connectivity index (χ3v) is 4.48. The summed E-state index contributed by atoms with van der Waals surface area (Å²) in [5.41, 5.74) is 2.27. The fraction of sp³-hybridized carbons (Fsp3) is 0.316. The number of benzene rings is 1. The SMILES string of the molecule is Cc1cc2n(n1)C[C@@H](CN[C@H](c1ccccc1)c1ccco1)CN2. The second-order valence-electron chi connectivity index (χ2n) is 6.37. The number of nitrogens with one attached hydrogen (secondary N) is 2. The lowest BCUT2D eigenvalue weighted by Gasteiger charge is -2.27. The van der Waals surface area contributed by atoms with Crippen molar-refractivity contribution in [1.82, 2.24) is 15.1 Å². The highest BCUT2D eigenvalue weighted by molar-refractivity contribution is 5.38. The Bertz CT molecular complexity index is 779. The molecule has 0 amide bonds. The van der Waals surface area contributed by atoms with Crippen molar-refractivity contribution in [3.05, 3.63) is 71.8 Å². The van der Waals surface area contributed by atoms with E-state index in [1.54, 1.807) is 6.26 Å². The molecule has 1 aromatic carbocycles. The zero-order valence-electron chi connectivity index (χ0n) is 13.8. The molecule has 0 bridgehead atoms. The van der Waals surface area contributed by atoms with Gasteiger partial charge < -0.3 is 15.1 Å². The van der Waals surface area contributed by atoms with Crippen LogP contribution in [0.2, 0.25) is 0 Å². The number of aromatic nitrogens is 2. The number of hydrogen-bond donors (Lipinski definition) is 2. The number of fused-ring (bicyclic) bond motifs is 1. The van der Waals surface area contributed by atoms with Crippen LogP contribution in [-0.2, 0) is 6.54 Å². The van der Waals surface area contributed by atoms with Crippen molar-refractivity contribution < 1.29 is 4.42 Å². The van der Waals surface area contributed by atoms with Gasteiger partial charge in [-0.3, -0.25) is 0 Å². The van der Waals surface area contributed by atoms with Crippen LogP contribution in [0.3, 0.4) is 0 Å². The Morgan fingerprint density at radius 1 is 1.29 bits per heavy atom. The van der Waals surface area contributed by atoms with Gasteiger partial charge in [-0.25, -0.2) is 4.68 Å². The first kappa shape index (κ1) is 15.0. The molecule has 3 aromatic rings. The lowest BCUT2D eigenvalue weighted by Crippen LogP contribution is -2.37. The zero-order valence-corrected chi connectivity index (χ0v) is 13.8. The fourth-order valence-corrected chi connectivity index (χ4v) is 3.29. The third kappa shape index (κ3) is 3.08. The van der Waals surface area contributed by atoms with Crippen molar-refractivity contribution >= 4 is 5.82 Å². The van der Waals surface area contributed by atoms with Crippen molar-refractivity contribution in [2.24, 2.45) is 5.92 Å². The largest absolute Gasteiger partial charge is 0.467 e. The molecule has 1 aliphatic heterocycles.